The number of hydrogen-bond acceptors (Lipinski definition) is 4. The molecule has 0 aliphatic carbocycles. The van der Waals surface area contributed by atoms with Crippen molar-refractivity contribution in [2.24, 2.45) is 0 Å². The number of nitrogens with zero attached hydrogens (tertiary/aromatic N) is 2. The maximum atomic E-state index is 12.5. The van der Waals surface area contributed by atoms with E-state index >= 15 is 0 Å². The van der Waals surface area contributed by atoms with Gasteiger partial charge in [-0.3, -0.25) is 0 Å². The number of aliphatic hydroxyl groups is 1. The molecule has 2 amide bonds. The summed E-state index contributed by atoms with van der Waals surface area (Å²) in [5.41, 5.74) is 1.03. The third-order valence-electron chi connectivity index (χ3n) is 4.39. The fourth-order valence-electron chi connectivity index (χ4n) is 2.75. The van der Waals surface area contributed by atoms with Gasteiger partial charge in [0.05, 0.1) is 19.8 Å². The Morgan fingerprint density at radius 3 is 2.46 bits per heavy atom. The molecule has 2 rings (SSSR count). The Labute approximate surface area is 155 Å². The van der Waals surface area contributed by atoms with E-state index in [0.717, 1.165) is 28.6 Å². The number of aliphatic hydroxyl groups excluding tert-OH is 1. The number of urea groups is 1. The number of nitrogens with one attached hydrogen (secondary N) is 1. The molecule has 0 spiro atoms. The highest BCUT2D eigenvalue weighted by Crippen LogP contribution is 2.24. The van der Waals surface area contributed by atoms with Crippen molar-refractivity contribution in [2.75, 3.05) is 47.4 Å². The summed E-state index contributed by atoms with van der Waals surface area (Å²) >= 11 is 0. The summed E-state index contributed by atoms with van der Waals surface area (Å²) in [6.07, 6.45) is 0. The van der Waals surface area contributed by atoms with E-state index in [1.807, 2.05) is 56.3 Å². The van der Waals surface area contributed by atoms with Crippen LogP contribution in [0.3, 0.4) is 0 Å². The van der Waals surface area contributed by atoms with Crippen molar-refractivity contribution in [3.63, 3.8) is 0 Å². The number of amides is 2. The second kappa shape index (κ2) is 9.40. The molecule has 1 atom stereocenters. The van der Waals surface area contributed by atoms with Crippen LogP contribution in [-0.4, -0.2) is 68.4 Å². The smallest absolute Gasteiger partial charge is 0.317 e. The molecule has 0 unspecified atom stereocenters. The number of hydrogen-bond donors (Lipinski definition) is 2. The zero-order valence-electron chi connectivity index (χ0n) is 16.0. The summed E-state index contributed by atoms with van der Waals surface area (Å²) in [5.74, 6) is 0.826. The summed E-state index contributed by atoms with van der Waals surface area (Å²) in [5, 5.41) is 14.4. The van der Waals surface area contributed by atoms with E-state index in [4.69, 9.17) is 4.74 Å². The average Bonchev–Trinajstić information content (AvgIpc) is 2.63. The summed E-state index contributed by atoms with van der Waals surface area (Å²) in [7, 11) is 5.57. The average molecular weight is 359 g/mol. The molecule has 0 saturated carbocycles. The van der Waals surface area contributed by atoms with Crippen LogP contribution in [-0.2, 0) is 0 Å². The highest BCUT2D eigenvalue weighted by molar-refractivity contribution is 5.85. The molecule has 2 aromatic carbocycles. The lowest BCUT2D eigenvalue weighted by Gasteiger charge is -2.26. The number of likely N-dealkylation sites (N-methyl/N-ethyl adjacent to an activating group) is 1. The van der Waals surface area contributed by atoms with Crippen LogP contribution in [0, 0.1) is 0 Å². The lowest BCUT2D eigenvalue weighted by Crippen LogP contribution is -2.45. The number of methoxy groups -OCH3 is 1. The number of carbonyl (C=O) groups is 1. The molecule has 0 fully saturated rings. The second-order valence-corrected chi connectivity index (χ2v) is 6.66. The van der Waals surface area contributed by atoms with Crippen LogP contribution in [0.15, 0.2) is 36.4 Å². The van der Waals surface area contributed by atoms with E-state index in [9.17, 15) is 9.90 Å². The van der Waals surface area contributed by atoms with Gasteiger partial charge >= 0.3 is 6.03 Å². The standard InChI is InChI=1S/C20H29N3O3/c1-15(21-20(25)23(11-12-24)10-9-22(2)3)16-5-6-18-14-19(26-4)8-7-17(18)13-16/h5-8,13-15,24H,9-12H2,1-4H3,(H,21,25)/t15-/m0/s1. The van der Waals surface area contributed by atoms with E-state index in [-0.39, 0.29) is 18.7 Å². The minimum atomic E-state index is -0.164. The predicted octanol–water partition coefficient (Wildman–Crippen LogP) is 2.47. The molecular weight excluding hydrogens is 330 g/mol. The lowest BCUT2D eigenvalue weighted by molar-refractivity contribution is 0.168. The Morgan fingerprint density at radius 1 is 1.12 bits per heavy atom. The quantitative estimate of drug-likeness (QED) is 0.760. The summed E-state index contributed by atoms with van der Waals surface area (Å²) in [4.78, 5) is 16.2. The first-order chi connectivity index (χ1) is 12.4. The van der Waals surface area contributed by atoms with E-state index in [1.165, 1.54) is 0 Å². The largest absolute Gasteiger partial charge is 0.497 e. The first kappa shape index (κ1) is 20.0. The van der Waals surface area contributed by atoms with Crippen LogP contribution in [0.1, 0.15) is 18.5 Å². The maximum absolute atomic E-state index is 12.5. The molecule has 2 aromatic rings. The predicted molar refractivity (Wildman–Crippen MR) is 105 cm³/mol. The third-order valence-corrected chi connectivity index (χ3v) is 4.39. The third kappa shape index (κ3) is 5.34. The molecule has 0 aromatic heterocycles. The normalized spacial score (nSPS) is 12.2. The summed E-state index contributed by atoms with van der Waals surface area (Å²) in [6, 6.07) is 11.8. The van der Waals surface area contributed by atoms with Crippen molar-refractivity contribution in [3.05, 3.63) is 42.0 Å². The van der Waals surface area contributed by atoms with Crippen LogP contribution in [0.2, 0.25) is 0 Å². The van der Waals surface area contributed by atoms with E-state index in [1.54, 1.807) is 12.0 Å². The molecule has 26 heavy (non-hydrogen) atoms. The van der Waals surface area contributed by atoms with Gasteiger partial charge in [-0.15, -0.1) is 0 Å². The van der Waals surface area contributed by atoms with Crippen LogP contribution in [0.4, 0.5) is 4.79 Å². The maximum Gasteiger partial charge on any atom is 0.317 e. The van der Waals surface area contributed by atoms with Gasteiger partial charge in [0.25, 0.3) is 0 Å². The lowest BCUT2D eigenvalue weighted by atomic mass is 10.0. The summed E-state index contributed by atoms with van der Waals surface area (Å²) in [6.45, 7) is 3.56. The number of rotatable bonds is 8. The summed E-state index contributed by atoms with van der Waals surface area (Å²) < 4.78 is 5.26. The van der Waals surface area contributed by atoms with Gasteiger partial charge in [0, 0.05) is 19.6 Å². The number of benzene rings is 2. The minimum absolute atomic E-state index is 0.0486. The Hall–Kier alpha value is -2.31. The number of ether oxygens (including phenoxy) is 1. The van der Waals surface area contributed by atoms with Crippen LogP contribution < -0.4 is 10.1 Å². The topological polar surface area (TPSA) is 65.0 Å². The highest BCUT2D eigenvalue weighted by atomic mass is 16.5. The van der Waals surface area contributed by atoms with Crippen molar-refractivity contribution >= 4 is 16.8 Å². The molecule has 0 heterocycles. The Bertz CT molecular complexity index is 733. The van der Waals surface area contributed by atoms with Gasteiger partial charge in [-0.2, -0.15) is 0 Å². The molecule has 6 nitrogen and oxygen atoms in total. The zero-order valence-corrected chi connectivity index (χ0v) is 16.0. The van der Waals surface area contributed by atoms with Gasteiger partial charge in [0.1, 0.15) is 5.75 Å². The fraction of sp³-hybridized carbons (Fsp3) is 0.450. The minimum Gasteiger partial charge on any atom is -0.497 e. The van der Waals surface area contributed by atoms with Crippen LogP contribution in [0.25, 0.3) is 10.8 Å². The van der Waals surface area contributed by atoms with E-state index in [0.29, 0.717) is 13.1 Å². The van der Waals surface area contributed by atoms with Crippen molar-refractivity contribution in [1.82, 2.24) is 15.1 Å². The van der Waals surface area contributed by atoms with Crippen LogP contribution >= 0.6 is 0 Å². The molecule has 0 saturated heterocycles. The molecule has 0 radical (unpaired) electrons. The van der Waals surface area contributed by atoms with Gasteiger partial charge in [-0.05, 0) is 55.6 Å². The second-order valence-electron chi connectivity index (χ2n) is 6.66. The molecule has 142 valence electrons. The molecule has 6 heteroatoms. The van der Waals surface area contributed by atoms with Crippen LogP contribution in [0.5, 0.6) is 5.75 Å². The molecular formula is C20H29N3O3. The molecule has 2 N–H and O–H groups in total. The first-order valence-corrected chi connectivity index (χ1v) is 8.83. The number of fused-ring (bicyclic) bond motifs is 1. The first-order valence-electron chi connectivity index (χ1n) is 8.83. The van der Waals surface area contributed by atoms with Crippen molar-refractivity contribution in [3.8, 4) is 5.75 Å². The van der Waals surface area contributed by atoms with Gasteiger partial charge < -0.3 is 25.0 Å². The van der Waals surface area contributed by atoms with Gasteiger partial charge in [0.15, 0.2) is 0 Å². The molecule has 0 bridgehead atoms. The molecule has 0 aliphatic rings. The zero-order chi connectivity index (χ0) is 19.1. The molecule has 0 aliphatic heterocycles. The number of carbonyl (C=O) groups excluding carboxylic acids is 1. The SMILES string of the molecule is COc1ccc2cc([C@H](C)NC(=O)N(CCO)CCN(C)C)ccc2c1. The van der Waals surface area contributed by atoms with Crippen molar-refractivity contribution in [2.45, 2.75) is 13.0 Å². The van der Waals surface area contributed by atoms with Gasteiger partial charge in [0.2, 0.25) is 0 Å². The van der Waals surface area contributed by atoms with Crippen molar-refractivity contribution < 1.29 is 14.6 Å². The fourth-order valence-corrected chi connectivity index (χ4v) is 2.75. The van der Waals surface area contributed by atoms with Gasteiger partial charge in [-0.1, -0.05) is 18.2 Å². The Kier molecular flexibility index (Phi) is 7.24. The van der Waals surface area contributed by atoms with Crippen molar-refractivity contribution in [1.29, 1.82) is 0 Å². The monoisotopic (exact) mass is 359 g/mol. The van der Waals surface area contributed by atoms with Gasteiger partial charge in [-0.25, -0.2) is 4.79 Å². The Morgan fingerprint density at radius 2 is 1.81 bits per heavy atom. The van der Waals surface area contributed by atoms with E-state index < -0.39 is 0 Å². The Balaban J connectivity index is 2.08. The highest BCUT2D eigenvalue weighted by Gasteiger charge is 2.16. The van der Waals surface area contributed by atoms with E-state index in [2.05, 4.69) is 11.4 Å².